The van der Waals surface area contributed by atoms with Gasteiger partial charge in [0, 0.05) is 24.2 Å². The van der Waals surface area contributed by atoms with Crippen LogP contribution in [0.15, 0.2) is 18.2 Å². The molecule has 0 aromatic heterocycles. The molecule has 1 saturated heterocycles. The molecular weight excluding hydrogens is 673 g/mol. The summed E-state index contributed by atoms with van der Waals surface area (Å²) in [5.41, 5.74) is -4.20. The molecule has 6 atom stereocenters. The number of rotatable bonds is 8. The van der Waals surface area contributed by atoms with Gasteiger partial charge in [0.05, 0.1) is 12.7 Å². The van der Waals surface area contributed by atoms with Gasteiger partial charge in [-0.25, -0.2) is 4.79 Å². The van der Waals surface area contributed by atoms with Gasteiger partial charge < -0.3 is 19.5 Å². The molecule has 1 aromatic carbocycles. The number of hydrogen-bond acceptors (Lipinski definition) is 6. The van der Waals surface area contributed by atoms with Crippen LogP contribution in [0.4, 0.5) is 44.3 Å². The highest BCUT2D eigenvalue weighted by molar-refractivity contribution is 8.76. The number of hydrogen-bond donors (Lipinski definition) is 1. The zero-order chi connectivity index (χ0) is 33.5. The van der Waals surface area contributed by atoms with Crippen LogP contribution in [0.5, 0.6) is 5.75 Å². The maximum absolute atomic E-state index is 13.1. The number of fused-ring (bicyclic) bond motifs is 5. The molecule has 46 heavy (non-hydrogen) atoms. The van der Waals surface area contributed by atoms with Crippen molar-refractivity contribution in [3.8, 4) is 5.75 Å². The van der Waals surface area contributed by atoms with Crippen molar-refractivity contribution in [2.45, 2.75) is 100 Å². The van der Waals surface area contributed by atoms with Gasteiger partial charge in [0.25, 0.3) is 0 Å². The fourth-order valence-electron chi connectivity index (χ4n) is 7.97. The lowest BCUT2D eigenvalue weighted by atomic mass is 9.55. The summed E-state index contributed by atoms with van der Waals surface area (Å²) in [6.45, 7) is 0.320. The van der Waals surface area contributed by atoms with Crippen molar-refractivity contribution in [2.75, 3.05) is 24.7 Å². The van der Waals surface area contributed by atoms with Gasteiger partial charge in [0.2, 0.25) is 0 Å². The zero-order valence-corrected chi connectivity index (χ0v) is 26.6. The summed E-state index contributed by atoms with van der Waals surface area (Å²) in [6.07, 6.45) is -15.9. The molecular formula is C30H36F9NO4S2. The maximum Gasteiger partial charge on any atom is 0.435 e. The molecule has 16 heteroatoms. The Labute approximate surface area is 268 Å². The van der Waals surface area contributed by atoms with Gasteiger partial charge in [-0.2, -0.15) is 39.5 Å². The van der Waals surface area contributed by atoms with Gasteiger partial charge in [-0.3, -0.25) is 0 Å². The summed E-state index contributed by atoms with van der Waals surface area (Å²) < 4.78 is 133. The van der Waals surface area contributed by atoms with E-state index in [0.29, 0.717) is 18.1 Å². The molecule has 1 aliphatic heterocycles. The van der Waals surface area contributed by atoms with Crippen molar-refractivity contribution >= 4 is 27.7 Å². The van der Waals surface area contributed by atoms with E-state index < -0.39 is 43.3 Å². The van der Waals surface area contributed by atoms with Crippen LogP contribution in [0.3, 0.4) is 0 Å². The molecule has 2 saturated carbocycles. The van der Waals surface area contributed by atoms with Crippen molar-refractivity contribution in [3.05, 3.63) is 29.3 Å². The van der Waals surface area contributed by atoms with E-state index in [1.165, 1.54) is 5.56 Å². The molecule has 1 amide bonds. The standard InChI is InChI=1S/C30H36F9NO4S2/c1-26-11-9-21-20-6-4-19(44-25(41)40-18-10-14-45-46-16-18)15-17(20)3-5-22(21)23(26)7-8-24(26)42-12-2-13-43-27(28(31,32)33,29(34,35)36)30(37,38)39/h4,6,15,18,21-24H,2-3,5,7-14,16H2,1H3,(H,40,41)/t18?,21-,22?,23+,24+,26+/m1/s1. The van der Waals surface area contributed by atoms with E-state index >= 15 is 0 Å². The normalized spacial score (nSPS) is 30.3. The number of amides is 1. The van der Waals surface area contributed by atoms with E-state index in [4.69, 9.17) is 9.47 Å². The van der Waals surface area contributed by atoms with Crippen LogP contribution >= 0.6 is 21.6 Å². The SMILES string of the molecule is C[C@]12CC[C@@H]3c4ccc(OC(=O)NC5CCSSC5)cc4CCC3[C@@H]1CC[C@@H]2OCCCOC(C(F)(F)F)(C(F)(F)F)C(F)(F)F. The van der Waals surface area contributed by atoms with Gasteiger partial charge >= 0.3 is 30.2 Å². The van der Waals surface area contributed by atoms with Crippen LogP contribution in [-0.2, 0) is 15.9 Å². The third-order valence-electron chi connectivity index (χ3n) is 10.2. The Hall–Kier alpha value is -1.52. The third kappa shape index (κ3) is 6.83. The molecule has 1 heterocycles. The molecule has 0 spiro atoms. The first-order valence-electron chi connectivity index (χ1n) is 15.3. The van der Waals surface area contributed by atoms with Crippen LogP contribution in [0.1, 0.15) is 68.9 Å². The molecule has 1 N–H and O–H groups in total. The average molecular weight is 710 g/mol. The highest BCUT2D eigenvalue weighted by Gasteiger charge is 2.85. The number of halogens is 9. The Morgan fingerprint density at radius 2 is 1.65 bits per heavy atom. The van der Waals surface area contributed by atoms with E-state index in [1.807, 2.05) is 18.2 Å². The summed E-state index contributed by atoms with van der Waals surface area (Å²) in [7, 11) is 3.51. The smallest absolute Gasteiger partial charge is 0.410 e. The van der Waals surface area contributed by atoms with Crippen LogP contribution < -0.4 is 10.1 Å². The molecule has 0 radical (unpaired) electrons. The van der Waals surface area contributed by atoms with Crippen molar-refractivity contribution in [3.63, 3.8) is 0 Å². The summed E-state index contributed by atoms with van der Waals surface area (Å²) >= 11 is 0. The van der Waals surface area contributed by atoms with Gasteiger partial charge in [0.15, 0.2) is 0 Å². The van der Waals surface area contributed by atoms with Crippen molar-refractivity contribution in [1.29, 1.82) is 0 Å². The molecule has 5 rings (SSSR count). The number of nitrogens with one attached hydrogen (secondary N) is 1. The first kappa shape index (κ1) is 35.8. The third-order valence-corrected chi connectivity index (χ3v) is 12.7. The molecule has 3 fully saturated rings. The summed E-state index contributed by atoms with van der Waals surface area (Å²) in [5, 5.41) is 2.92. The second kappa shape index (κ2) is 13.4. The van der Waals surface area contributed by atoms with Gasteiger partial charge in [0.1, 0.15) is 5.75 Å². The summed E-state index contributed by atoms with van der Waals surface area (Å²) in [6, 6.07) is 5.85. The lowest BCUT2D eigenvalue weighted by Crippen LogP contribution is -2.67. The minimum Gasteiger partial charge on any atom is -0.410 e. The minimum absolute atomic E-state index is 0.0823. The van der Waals surface area contributed by atoms with Gasteiger partial charge in [-0.15, -0.1) is 0 Å². The Morgan fingerprint density at radius 3 is 2.30 bits per heavy atom. The number of benzene rings is 1. The Morgan fingerprint density at radius 1 is 0.935 bits per heavy atom. The lowest BCUT2D eigenvalue weighted by molar-refractivity contribution is -0.457. The molecule has 2 unspecified atom stereocenters. The fourth-order valence-corrected chi connectivity index (χ4v) is 10.4. The van der Waals surface area contributed by atoms with E-state index in [2.05, 4.69) is 17.0 Å². The first-order chi connectivity index (χ1) is 21.5. The lowest BCUT2D eigenvalue weighted by Gasteiger charge is -2.50. The van der Waals surface area contributed by atoms with E-state index in [0.717, 1.165) is 55.6 Å². The maximum atomic E-state index is 13.1. The highest BCUT2D eigenvalue weighted by Crippen LogP contribution is 2.62. The number of ether oxygens (including phenoxy) is 3. The largest absolute Gasteiger partial charge is 0.435 e. The topological polar surface area (TPSA) is 56.8 Å². The second-order valence-electron chi connectivity index (χ2n) is 12.8. The number of carbonyl (C=O) groups excluding carboxylic acids is 1. The van der Waals surface area contributed by atoms with Crippen LogP contribution in [0, 0.1) is 17.3 Å². The molecule has 1 aromatic rings. The molecule has 3 aliphatic carbocycles. The van der Waals surface area contributed by atoms with Crippen molar-refractivity contribution < 1.29 is 58.5 Å². The molecule has 4 aliphatic rings. The Balaban J connectivity index is 1.15. The van der Waals surface area contributed by atoms with E-state index in [-0.39, 0.29) is 36.0 Å². The number of alkyl halides is 9. The Bertz CT molecular complexity index is 1200. The molecule has 5 nitrogen and oxygen atoms in total. The van der Waals surface area contributed by atoms with E-state index in [1.54, 1.807) is 21.6 Å². The molecule has 260 valence electrons. The van der Waals surface area contributed by atoms with Crippen LogP contribution in [0.25, 0.3) is 0 Å². The fraction of sp³-hybridized carbons (Fsp3) is 0.767. The highest BCUT2D eigenvalue weighted by atomic mass is 33.1. The predicted octanol–water partition coefficient (Wildman–Crippen LogP) is 9.00. The summed E-state index contributed by atoms with van der Waals surface area (Å²) in [5.74, 6) is 3.19. The average Bonchev–Trinajstić information content (AvgIpc) is 3.29. The van der Waals surface area contributed by atoms with E-state index in [9.17, 15) is 44.3 Å². The first-order valence-corrected chi connectivity index (χ1v) is 17.8. The van der Waals surface area contributed by atoms with Gasteiger partial charge in [-0.05, 0) is 97.8 Å². The second-order valence-corrected chi connectivity index (χ2v) is 15.4. The number of aryl methyl sites for hydroxylation is 1. The summed E-state index contributed by atoms with van der Waals surface area (Å²) in [4.78, 5) is 12.4. The van der Waals surface area contributed by atoms with Crippen molar-refractivity contribution in [2.24, 2.45) is 17.3 Å². The number of carbonyl (C=O) groups is 1. The van der Waals surface area contributed by atoms with Crippen LogP contribution in [0.2, 0.25) is 0 Å². The zero-order valence-electron chi connectivity index (χ0n) is 25.0. The minimum atomic E-state index is -6.75. The molecule has 0 bridgehead atoms. The predicted molar refractivity (Wildman–Crippen MR) is 155 cm³/mol. The quantitative estimate of drug-likeness (QED) is 0.165. The van der Waals surface area contributed by atoms with Crippen LogP contribution in [-0.4, -0.2) is 67.1 Å². The Kier molecular flexibility index (Phi) is 10.4. The monoisotopic (exact) mass is 709 g/mol. The van der Waals surface area contributed by atoms with Gasteiger partial charge in [-0.1, -0.05) is 34.6 Å². The van der Waals surface area contributed by atoms with Crippen molar-refractivity contribution in [1.82, 2.24) is 5.32 Å².